The minimum Gasteiger partial charge on any atom is -0.355 e. The van der Waals surface area contributed by atoms with E-state index in [4.69, 9.17) is 9.97 Å². The van der Waals surface area contributed by atoms with Gasteiger partial charge in [0.1, 0.15) is 0 Å². The van der Waals surface area contributed by atoms with E-state index in [2.05, 4.69) is 0 Å². The molecule has 0 radical (unpaired) electrons. The number of fused-ring (bicyclic) bond motifs is 2. The van der Waals surface area contributed by atoms with Crippen LogP contribution in [0.4, 0.5) is 11.6 Å². The zero-order valence-electron chi connectivity index (χ0n) is 19.6. The van der Waals surface area contributed by atoms with Gasteiger partial charge in [-0.15, -0.1) is 0 Å². The fourth-order valence-electron chi connectivity index (χ4n) is 4.42. The number of carbonyl (C=O) groups is 2. The van der Waals surface area contributed by atoms with Gasteiger partial charge in [0.15, 0.2) is 11.6 Å². The highest BCUT2D eigenvalue weighted by atomic mass is 32.2. The Morgan fingerprint density at radius 2 is 1.49 bits per heavy atom. The molecule has 0 N–H and O–H groups in total. The topological polar surface area (TPSA) is 107 Å². The molecule has 2 aliphatic heterocycles. The van der Waals surface area contributed by atoms with E-state index in [0.29, 0.717) is 43.3 Å². The van der Waals surface area contributed by atoms with Crippen molar-refractivity contribution in [3.63, 3.8) is 0 Å². The number of rotatable bonds is 3. The zero-order chi connectivity index (χ0) is 24.7. The van der Waals surface area contributed by atoms with Crippen molar-refractivity contribution in [1.29, 1.82) is 0 Å². The summed E-state index contributed by atoms with van der Waals surface area (Å²) in [6, 6.07) is 13.6. The Hall–Kier alpha value is -3.57. The van der Waals surface area contributed by atoms with Crippen molar-refractivity contribution in [1.82, 2.24) is 19.2 Å². The standard InChI is InChI=1S/C24H26N6O4S/c1-17(31)28-11-13-29(14-12-28)35(33,34)19-7-5-6-18(16-19)24(32)30-15-10-27(2)22-23(30)26-21-9-4-3-8-20(21)25-22/h3-9,16H,10-15H2,1-2H3. The second kappa shape index (κ2) is 8.90. The Bertz CT molecular complexity index is 1420. The number of anilines is 2. The zero-order valence-corrected chi connectivity index (χ0v) is 20.4. The summed E-state index contributed by atoms with van der Waals surface area (Å²) in [5.74, 6) is 0.659. The first-order valence-corrected chi connectivity index (χ1v) is 12.9. The van der Waals surface area contributed by atoms with Crippen LogP contribution in [0.1, 0.15) is 17.3 Å². The lowest BCUT2D eigenvalue weighted by atomic mass is 10.2. The number of sulfonamides is 1. The van der Waals surface area contributed by atoms with E-state index in [9.17, 15) is 18.0 Å². The maximum Gasteiger partial charge on any atom is 0.259 e. The van der Waals surface area contributed by atoms with E-state index in [1.807, 2.05) is 36.2 Å². The molecule has 2 amide bonds. The van der Waals surface area contributed by atoms with Gasteiger partial charge < -0.3 is 9.80 Å². The van der Waals surface area contributed by atoms with Crippen LogP contribution in [0.5, 0.6) is 0 Å². The number of carbonyl (C=O) groups excluding carboxylic acids is 2. The molecule has 3 aromatic rings. The molecule has 1 saturated heterocycles. The van der Waals surface area contributed by atoms with Crippen molar-refractivity contribution in [2.45, 2.75) is 11.8 Å². The Morgan fingerprint density at radius 3 is 2.14 bits per heavy atom. The number of hydrogen-bond donors (Lipinski definition) is 0. The van der Waals surface area contributed by atoms with Crippen LogP contribution in [-0.2, 0) is 14.8 Å². The number of nitrogens with zero attached hydrogens (tertiary/aromatic N) is 6. The van der Waals surface area contributed by atoms with Crippen LogP contribution in [0.25, 0.3) is 11.0 Å². The van der Waals surface area contributed by atoms with E-state index in [1.165, 1.54) is 23.4 Å². The van der Waals surface area contributed by atoms with Crippen LogP contribution in [-0.4, -0.2) is 85.7 Å². The molecule has 2 aromatic carbocycles. The lowest BCUT2D eigenvalue weighted by Crippen LogP contribution is -2.49. The number of aromatic nitrogens is 2. The highest BCUT2D eigenvalue weighted by Crippen LogP contribution is 2.32. The van der Waals surface area contributed by atoms with E-state index in [1.54, 1.807) is 21.9 Å². The maximum absolute atomic E-state index is 13.6. The van der Waals surface area contributed by atoms with Crippen molar-refractivity contribution in [2.75, 3.05) is 56.1 Å². The first-order valence-electron chi connectivity index (χ1n) is 11.4. The molecule has 0 unspecified atom stereocenters. The Morgan fingerprint density at radius 1 is 0.829 bits per heavy atom. The monoisotopic (exact) mass is 494 g/mol. The van der Waals surface area contributed by atoms with Crippen LogP contribution in [0.2, 0.25) is 0 Å². The van der Waals surface area contributed by atoms with Crippen molar-refractivity contribution < 1.29 is 18.0 Å². The number of hydrogen-bond acceptors (Lipinski definition) is 7. The molecule has 1 fully saturated rings. The molecule has 2 aliphatic rings. The van der Waals surface area contributed by atoms with Crippen molar-refractivity contribution in [3.8, 4) is 0 Å². The van der Waals surface area contributed by atoms with Gasteiger partial charge in [-0.3, -0.25) is 14.5 Å². The molecule has 5 rings (SSSR count). The Kier molecular flexibility index (Phi) is 5.89. The summed E-state index contributed by atoms with van der Waals surface area (Å²) in [4.78, 5) is 39.7. The normalized spacial score (nSPS) is 16.9. The second-order valence-electron chi connectivity index (χ2n) is 8.68. The summed E-state index contributed by atoms with van der Waals surface area (Å²) in [5, 5.41) is 0. The molecule has 0 spiro atoms. The molecule has 3 heterocycles. The lowest BCUT2D eigenvalue weighted by Gasteiger charge is -2.34. The SMILES string of the molecule is CC(=O)N1CCN(S(=O)(=O)c2cccc(C(=O)N3CCN(C)c4nc5ccccc5nc43)c2)CC1. The Balaban J connectivity index is 1.44. The van der Waals surface area contributed by atoms with Crippen molar-refractivity contribution >= 4 is 44.5 Å². The van der Waals surface area contributed by atoms with Gasteiger partial charge in [-0.1, -0.05) is 18.2 Å². The van der Waals surface area contributed by atoms with E-state index >= 15 is 0 Å². The maximum atomic E-state index is 13.6. The second-order valence-corrected chi connectivity index (χ2v) is 10.6. The van der Waals surface area contributed by atoms with Crippen LogP contribution in [0.15, 0.2) is 53.4 Å². The minimum atomic E-state index is -3.81. The van der Waals surface area contributed by atoms with Crippen LogP contribution in [0.3, 0.4) is 0 Å². The summed E-state index contributed by atoms with van der Waals surface area (Å²) in [6.45, 7) is 3.57. The van der Waals surface area contributed by atoms with E-state index in [-0.39, 0.29) is 35.4 Å². The molecule has 0 atom stereocenters. The quantitative estimate of drug-likeness (QED) is 0.544. The van der Waals surface area contributed by atoms with Gasteiger partial charge in [-0.25, -0.2) is 18.4 Å². The van der Waals surface area contributed by atoms with Gasteiger partial charge in [-0.05, 0) is 30.3 Å². The van der Waals surface area contributed by atoms with Crippen LogP contribution < -0.4 is 9.80 Å². The van der Waals surface area contributed by atoms with Gasteiger partial charge in [0, 0.05) is 58.8 Å². The molecule has 0 saturated carbocycles. The third-order valence-corrected chi connectivity index (χ3v) is 8.35. The predicted molar refractivity (Wildman–Crippen MR) is 132 cm³/mol. The number of likely N-dealkylation sites (N-methyl/N-ethyl adjacent to an activating group) is 1. The molecule has 0 aliphatic carbocycles. The summed E-state index contributed by atoms with van der Waals surface area (Å²) >= 11 is 0. The van der Waals surface area contributed by atoms with Crippen molar-refractivity contribution in [2.24, 2.45) is 0 Å². The van der Waals surface area contributed by atoms with Crippen LogP contribution in [0, 0.1) is 0 Å². The number of para-hydroxylation sites is 2. The van der Waals surface area contributed by atoms with Gasteiger partial charge >= 0.3 is 0 Å². The van der Waals surface area contributed by atoms with E-state index < -0.39 is 10.0 Å². The highest BCUT2D eigenvalue weighted by molar-refractivity contribution is 7.89. The third kappa shape index (κ3) is 4.21. The summed E-state index contributed by atoms with van der Waals surface area (Å²) in [6.07, 6.45) is 0. The highest BCUT2D eigenvalue weighted by Gasteiger charge is 2.32. The molecule has 182 valence electrons. The number of piperazine rings is 1. The molecule has 11 heteroatoms. The van der Waals surface area contributed by atoms with Gasteiger partial charge in [-0.2, -0.15) is 4.31 Å². The summed E-state index contributed by atoms with van der Waals surface area (Å²) < 4.78 is 27.9. The minimum absolute atomic E-state index is 0.0542. The first-order chi connectivity index (χ1) is 16.8. The summed E-state index contributed by atoms with van der Waals surface area (Å²) in [5.41, 5.74) is 1.68. The molecule has 10 nitrogen and oxygen atoms in total. The first kappa shape index (κ1) is 23.2. The fourth-order valence-corrected chi connectivity index (χ4v) is 5.88. The molecule has 1 aromatic heterocycles. The van der Waals surface area contributed by atoms with E-state index in [0.717, 1.165) is 5.52 Å². The van der Waals surface area contributed by atoms with Gasteiger partial charge in [0.2, 0.25) is 15.9 Å². The average molecular weight is 495 g/mol. The van der Waals surface area contributed by atoms with Crippen LogP contribution >= 0.6 is 0 Å². The third-order valence-electron chi connectivity index (χ3n) is 6.46. The molecular weight excluding hydrogens is 468 g/mol. The van der Waals surface area contributed by atoms with Gasteiger partial charge in [0.25, 0.3) is 5.91 Å². The number of benzene rings is 2. The lowest BCUT2D eigenvalue weighted by molar-refractivity contribution is -0.129. The molecule has 0 bridgehead atoms. The summed E-state index contributed by atoms with van der Waals surface area (Å²) in [7, 11) is -1.90. The fraction of sp³-hybridized carbons (Fsp3) is 0.333. The molecular formula is C24H26N6O4S. The Labute approximate surface area is 203 Å². The average Bonchev–Trinajstić information content (AvgIpc) is 2.88. The van der Waals surface area contributed by atoms with Gasteiger partial charge in [0.05, 0.1) is 15.9 Å². The predicted octanol–water partition coefficient (Wildman–Crippen LogP) is 1.58. The van der Waals surface area contributed by atoms with Crippen molar-refractivity contribution in [3.05, 3.63) is 54.1 Å². The molecule has 35 heavy (non-hydrogen) atoms. The largest absolute Gasteiger partial charge is 0.355 e. The smallest absolute Gasteiger partial charge is 0.259 e. The number of amides is 2.